The Hall–Kier alpha value is -2.67. The Morgan fingerprint density at radius 2 is 2.07 bits per heavy atom. The molecule has 1 aliphatic rings. The van der Waals surface area contributed by atoms with E-state index in [0.29, 0.717) is 24.5 Å². The zero-order valence-electron chi connectivity index (χ0n) is 17.5. The van der Waals surface area contributed by atoms with Gasteiger partial charge in [-0.05, 0) is 48.9 Å². The number of benzene rings is 1. The summed E-state index contributed by atoms with van der Waals surface area (Å²) in [6.07, 6.45) is 3.54. The van der Waals surface area contributed by atoms with E-state index < -0.39 is 5.91 Å². The molecule has 0 unspecified atom stereocenters. The lowest BCUT2D eigenvalue weighted by atomic mass is 10.0. The summed E-state index contributed by atoms with van der Waals surface area (Å²) in [6.45, 7) is 10.0. The Labute approximate surface area is 172 Å². The van der Waals surface area contributed by atoms with Crippen LogP contribution in [0.25, 0.3) is 0 Å². The fourth-order valence-corrected chi connectivity index (χ4v) is 3.58. The highest BCUT2D eigenvalue weighted by molar-refractivity contribution is 5.90. The number of rotatable bonds is 8. The van der Waals surface area contributed by atoms with Crippen molar-refractivity contribution >= 4 is 11.9 Å². The average Bonchev–Trinajstić information content (AvgIpc) is 2.69. The zero-order chi connectivity index (χ0) is 20.8. The molecular weight excluding hydrogens is 366 g/mol. The second-order valence-electron chi connectivity index (χ2n) is 7.93. The van der Waals surface area contributed by atoms with Crippen LogP contribution in [0.3, 0.4) is 0 Å². The molecule has 7 nitrogen and oxygen atoms in total. The summed E-state index contributed by atoms with van der Waals surface area (Å²) in [5.74, 6) is 1.37. The summed E-state index contributed by atoms with van der Waals surface area (Å²) in [6, 6.07) is 8.25. The number of nitrogens with zero attached hydrogens (tertiary/aromatic N) is 3. The number of primary amides is 1. The molecule has 0 saturated carbocycles. The van der Waals surface area contributed by atoms with Crippen molar-refractivity contribution in [2.24, 2.45) is 5.73 Å². The highest BCUT2D eigenvalue weighted by atomic mass is 16.5. The second-order valence-corrected chi connectivity index (χ2v) is 7.93. The van der Waals surface area contributed by atoms with Crippen LogP contribution in [0.5, 0.6) is 5.75 Å². The number of aromatic nitrogens is 2. The summed E-state index contributed by atoms with van der Waals surface area (Å²) in [5, 5.41) is 3.32. The zero-order valence-corrected chi connectivity index (χ0v) is 17.5. The third kappa shape index (κ3) is 5.90. The van der Waals surface area contributed by atoms with Gasteiger partial charge in [0.15, 0.2) is 0 Å². The van der Waals surface area contributed by atoms with Crippen LogP contribution >= 0.6 is 0 Å². The van der Waals surface area contributed by atoms with Crippen molar-refractivity contribution in [2.45, 2.75) is 45.6 Å². The van der Waals surface area contributed by atoms with E-state index in [0.717, 1.165) is 38.2 Å². The van der Waals surface area contributed by atoms with E-state index in [1.54, 1.807) is 6.20 Å². The molecule has 0 radical (unpaired) electrons. The second kappa shape index (κ2) is 9.69. The number of likely N-dealkylation sites (tertiary alicyclic amines) is 1. The maximum atomic E-state index is 11.3. The number of hydrogen-bond acceptors (Lipinski definition) is 6. The van der Waals surface area contributed by atoms with E-state index in [1.165, 1.54) is 17.2 Å². The van der Waals surface area contributed by atoms with E-state index >= 15 is 0 Å². The van der Waals surface area contributed by atoms with Gasteiger partial charge < -0.3 is 15.8 Å². The van der Waals surface area contributed by atoms with Crippen LogP contribution in [0.2, 0.25) is 0 Å². The van der Waals surface area contributed by atoms with Crippen LogP contribution in [0.15, 0.2) is 30.5 Å². The van der Waals surface area contributed by atoms with Crippen molar-refractivity contribution in [3.05, 3.63) is 47.3 Å². The van der Waals surface area contributed by atoms with Gasteiger partial charge in [0.1, 0.15) is 18.1 Å². The normalized spacial score (nSPS) is 15.4. The topological polar surface area (TPSA) is 93.4 Å². The Morgan fingerprint density at radius 1 is 1.31 bits per heavy atom. The summed E-state index contributed by atoms with van der Waals surface area (Å²) >= 11 is 0. The summed E-state index contributed by atoms with van der Waals surface area (Å²) in [5.41, 5.74) is 7.99. The van der Waals surface area contributed by atoms with E-state index in [2.05, 4.69) is 59.2 Å². The number of carbonyl (C=O) groups is 1. The number of aryl methyl sites for hydroxylation is 1. The molecule has 0 bridgehead atoms. The predicted octanol–water partition coefficient (Wildman–Crippen LogP) is 2.96. The van der Waals surface area contributed by atoms with Gasteiger partial charge in [0, 0.05) is 31.9 Å². The van der Waals surface area contributed by atoms with Gasteiger partial charge in [-0.1, -0.05) is 26.0 Å². The number of piperidine rings is 1. The smallest absolute Gasteiger partial charge is 0.267 e. The van der Waals surface area contributed by atoms with Crippen LogP contribution in [-0.2, 0) is 0 Å². The minimum atomic E-state index is -0.542. The Morgan fingerprint density at radius 3 is 2.76 bits per heavy atom. The molecule has 7 heteroatoms. The molecule has 1 amide bonds. The molecule has 1 saturated heterocycles. The molecule has 29 heavy (non-hydrogen) atoms. The lowest BCUT2D eigenvalue weighted by Gasteiger charge is -2.32. The maximum absolute atomic E-state index is 11.3. The fraction of sp³-hybridized carbons (Fsp3) is 0.500. The van der Waals surface area contributed by atoms with Gasteiger partial charge in [-0.2, -0.15) is 0 Å². The third-order valence-corrected chi connectivity index (χ3v) is 5.28. The van der Waals surface area contributed by atoms with E-state index in [1.807, 2.05) is 0 Å². The highest BCUT2D eigenvalue weighted by Crippen LogP contribution is 2.27. The minimum Gasteiger partial charge on any atom is -0.492 e. The van der Waals surface area contributed by atoms with Gasteiger partial charge in [-0.15, -0.1) is 0 Å². The number of nitrogens with two attached hydrogens (primary N) is 1. The molecule has 1 aromatic carbocycles. The highest BCUT2D eigenvalue weighted by Gasteiger charge is 2.20. The van der Waals surface area contributed by atoms with Crippen molar-refractivity contribution in [1.82, 2.24) is 14.9 Å². The average molecular weight is 398 g/mol. The van der Waals surface area contributed by atoms with Crippen molar-refractivity contribution < 1.29 is 9.53 Å². The predicted molar refractivity (Wildman–Crippen MR) is 114 cm³/mol. The van der Waals surface area contributed by atoms with Gasteiger partial charge >= 0.3 is 0 Å². The quantitative estimate of drug-likeness (QED) is 0.711. The molecule has 0 atom stereocenters. The van der Waals surface area contributed by atoms with Gasteiger partial charge in [0.2, 0.25) is 5.95 Å². The SMILES string of the molecule is Cc1ccc(C(C)C)c(OCCN2CCC(Nc3nccc(C(N)=O)n3)CC2)c1. The van der Waals surface area contributed by atoms with Crippen LogP contribution in [0.1, 0.15) is 54.2 Å². The molecular formula is C22H31N5O2. The maximum Gasteiger partial charge on any atom is 0.267 e. The standard InChI is InChI=1S/C22H31N5O2/c1-15(2)18-5-4-16(3)14-20(18)29-13-12-27-10-7-17(8-11-27)25-22-24-9-6-19(26-22)21(23)28/h4-6,9,14-15,17H,7-8,10-13H2,1-3H3,(H2,23,28)(H,24,25,26). The molecule has 2 aromatic rings. The molecule has 1 aliphatic heterocycles. The van der Waals surface area contributed by atoms with Gasteiger partial charge in [0.05, 0.1) is 0 Å². The first-order valence-electron chi connectivity index (χ1n) is 10.3. The van der Waals surface area contributed by atoms with Crippen LogP contribution in [0, 0.1) is 6.92 Å². The third-order valence-electron chi connectivity index (χ3n) is 5.28. The lowest BCUT2D eigenvalue weighted by Crippen LogP contribution is -2.41. The molecule has 0 aliphatic carbocycles. The molecule has 1 fully saturated rings. The van der Waals surface area contributed by atoms with Gasteiger partial charge in [0.25, 0.3) is 5.91 Å². The molecule has 0 spiro atoms. The Balaban J connectivity index is 1.44. The van der Waals surface area contributed by atoms with E-state index in [9.17, 15) is 4.79 Å². The molecule has 156 valence electrons. The monoisotopic (exact) mass is 397 g/mol. The number of amides is 1. The van der Waals surface area contributed by atoms with Gasteiger partial charge in [-0.25, -0.2) is 9.97 Å². The van der Waals surface area contributed by atoms with E-state index in [-0.39, 0.29) is 5.69 Å². The van der Waals surface area contributed by atoms with Crippen molar-refractivity contribution in [2.75, 3.05) is 31.6 Å². The molecule has 3 rings (SSSR count). The number of anilines is 1. The van der Waals surface area contributed by atoms with Crippen LogP contribution in [-0.4, -0.2) is 53.1 Å². The van der Waals surface area contributed by atoms with Crippen molar-refractivity contribution in [3.8, 4) is 5.75 Å². The number of hydrogen-bond donors (Lipinski definition) is 2. The fourth-order valence-electron chi connectivity index (χ4n) is 3.58. The number of nitrogens with one attached hydrogen (secondary N) is 1. The van der Waals surface area contributed by atoms with E-state index in [4.69, 9.17) is 10.5 Å². The van der Waals surface area contributed by atoms with Crippen molar-refractivity contribution in [3.63, 3.8) is 0 Å². The Kier molecular flexibility index (Phi) is 7.04. The Bertz CT molecular complexity index is 832. The summed E-state index contributed by atoms with van der Waals surface area (Å²) in [7, 11) is 0. The number of ether oxygens (including phenoxy) is 1. The summed E-state index contributed by atoms with van der Waals surface area (Å²) in [4.78, 5) is 22.0. The van der Waals surface area contributed by atoms with Crippen molar-refractivity contribution in [1.29, 1.82) is 0 Å². The summed E-state index contributed by atoms with van der Waals surface area (Å²) < 4.78 is 6.12. The first-order valence-corrected chi connectivity index (χ1v) is 10.3. The molecule has 2 heterocycles. The first kappa shape index (κ1) is 21.0. The number of carbonyl (C=O) groups excluding carboxylic acids is 1. The molecule has 3 N–H and O–H groups in total. The first-order chi connectivity index (χ1) is 13.9. The largest absolute Gasteiger partial charge is 0.492 e. The molecule has 1 aromatic heterocycles. The van der Waals surface area contributed by atoms with Crippen LogP contribution in [0.4, 0.5) is 5.95 Å². The van der Waals surface area contributed by atoms with Crippen LogP contribution < -0.4 is 15.8 Å². The minimum absolute atomic E-state index is 0.231. The van der Waals surface area contributed by atoms with Gasteiger partial charge in [-0.3, -0.25) is 9.69 Å². The lowest BCUT2D eigenvalue weighted by molar-refractivity contribution is 0.0995.